The highest BCUT2D eigenvalue weighted by Crippen LogP contribution is 2.31. The number of fused-ring (bicyclic) bond motifs is 1. The number of furan rings is 1. The number of benzene rings is 1. The summed E-state index contributed by atoms with van der Waals surface area (Å²) in [5, 5.41) is 1.91. The van der Waals surface area contributed by atoms with E-state index in [4.69, 9.17) is 4.42 Å². The van der Waals surface area contributed by atoms with E-state index in [0.717, 1.165) is 19.5 Å². The maximum absolute atomic E-state index is 14.4. The topological polar surface area (TPSA) is 79.6 Å². The number of hydrogen-bond donors (Lipinski definition) is 1. The van der Waals surface area contributed by atoms with Crippen LogP contribution in [0.2, 0.25) is 0 Å². The van der Waals surface area contributed by atoms with Gasteiger partial charge in [0.2, 0.25) is 0 Å². The van der Waals surface area contributed by atoms with E-state index in [-0.39, 0.29) is 21.6 Å². The third-order valence-electron chi connectivity index (χ3n) is 4.88. The van der Waals surface area contributed by atoms with E-state index in [1.54, 1.807) is 18.4 Å². The smallest absolute Gasteiger partial charge is 0.300 e. The number of anilines is 1. The maximum Gasteiger partial charge on any atom is 0.300 e. The largest absolute Gasteiger partial charge is 0.451 e. The molecule has 3 aromatic rings. The summed E-state index contributed by atoms with van der Waals surface area (Å²) in [7, 11) is -4.05. The molecule has 0 spiro atoms. The molecule has 6 nitrogen and oxygen atoms in total. The lowest BCUT2D eigenvalue weighted by Crippen LogP contribution is -2.36. The van der Waals surface area contributed by atoms with Crippen molar-refractivity contribution in [3.05, 3.63) is 45.6 Å². The van der Waals surface area contributed by atoms with Gasteiger partial charge in [0.05, 0.1) is 5.39 Å². The molecule has 1 N–H and O–H groups in total. The number of amides is 1. The van der Waals surface area contributed by atoms with Crippen LogP contribution in [0.5, 0.6) is 0 Å². The fourth-order valence-electron chi connectivity index (χ4n) is 3.27. The zero-order valence-electron chi connectivity index (χ0n) is 15.4. The quantitative estimate of drug-likeness (QED) is 0.676. The van der Waals surface area contributed by atoms with Gasteiger partial charge < -0.3 is 9.32 Å². The van der Waals surface area contributed by atoms with E-state index in [1.165, 1.54) is 23.5 Å². The van der Waals surface area contributed by atoms with E-state index in [1.807, 2.05) is 16.5 Å². The molecule has 1 fully saturated rings. The first kappa shape index (κ1) is 18.9. The number of nitrogens with one attached hydrogen (secondary N) is 1. The van der Waals surface area contributed by atoms with Crippen LogP contribution in [0.15, 0.2) is 32.9 Å². The van der Waals surface area contributed by atoms with Gasteiger partial charge in [0.15, 0.2) is 5.76 Å². The molecule has 0 radical (unpaired) electrons. The number of sulfonamides is 1. The van der Waals surface area contributed by atoms with Gasteiger partial charge in [-0.05, 0) is 36.8 Å². The Morgan fingerprint density at radius 1 is 1.32 bits per heavy atom. The number of thiophene rings is 1. The van der Waals surface area contributed by atoms with Crippen LogP contribution in [0.1, 0.15) is 34.3 Å². The fourth-order valence-corrected chi connectivity index (χ4v) is 6.04. The van der Waals surface area contributed by atoms with E-state index in [9.17, 15) is 17.6 Å². The zero-order valence-corrected chi connectivity index (χ0v) is 17.0. The molecule has 9 heteroatoms. The van der Waals surface area contributed by atoms with Crippen molar-refractivity contribution in [2.45, 2.75) is 31.6 Å². The Balaban J connectivity index is 1.65. The number of rotatable bonds is 5. The Morgan fingerprint density at radius 3 is 2.71 bits per heavy atom. The molecule has 0 bridgehead atoms. The van der Waals surface area contributed by atoms with Gasteiger partial charge in [-0.25, -0.2) is 17.5 Å². The second kappa shape index (κ2) is 6.89. The molecule has 3 heterocycles. The van der Waals surface area contributed by atoms with Crippen molar-refractivity contribution in [1.82, 2.24) is 4.72 Å². The standard InChI is InChI=1S/C19H19FN2O4S2/c1-3-12-10-27-11(2)18(12)28(24,25)21-19(23)17-9-14-15(20)7-13(8-16(14)26-17)22-5-4-6-22/h7-10H,3-6H2,1-2H3,(H,21,23). The Labute approximate surface area is 166 Å². The van der Waals surface area contributed by atoms with Crippen LogP contribution in [0.4, 0.5) is 10.1 Å². The molecule has 28 heavy (non-hydrogen) atoms. The Morgan fingerprint density at radius 2 is 2.07 bits per heavy atom. The van der Waals surface area contributed by atoms with E-state index < -0.39 is 21.7 Å². The zero-order chi connectivity index (χ0) is 20.1. The first-order valence-electron chi connectivity index (χ1n) is 8.92. The van der Waals surface area contributed by atoms with Crippen LogP contribution in [-0.4, -0.2) is 27.4 Å². The maximum atomic E-state index is 14.4. The number of carbonyl (C=O) groups is 1. The average Bonchev–Trinajstić information content (AvgIpc) is 3.17. The Kier molecular flexibility index (Phi) is 4.67. The minimum atomic E-state index is -4.05. The van der Waals surface area contributed by atoms with Crippen molar-refractivity contribution in [2.24, 2.45) is 0 Å². The molecule has 0 saturated carbocycles. The number of hydrogen-bond acceptors (Lipinski definition) is 6. The molecule has 1 aliphatic heterocycles. The summed E-state index contributed by atoms with van der Waals surface area (Å²) >= 11 is 1.31. The molecule has 0 aliphatic carbocycles. The van der Waals surface area contributed by atoms with Crippen molar-refractivity contribution in [2.75, 3.05) is 18.0 Å². The van der Waals surface area contributed by atoms with Crippen molar-refractivity contribution < 1.29 is 22.0 Å². The second-order valence-electron chi connectivity index (χ2n) is 6.73. The monoisotopic (exact) mass is 422 g/mol. The van der Waals surface area contributed by atoms with Crippen molar-refractivity contribution in [3.63, 3.8) is 0 Å². The van der Waals surface area contributed by atoms with Crippen molar-refractivity contribution in [3.8, 4) is 0 Å². The third-order valence-corrected chi connectivity index (χ3v) is 7.53. The molecular weight excluding hydrogens is 403 g/mol. The predicted octanol–water partition coefficient (Wildman–Crippen LogP) is 3.83. The first-order chi connectivity index (χ1) is 13.3. The van der Waals surface area contributed by atoms with E-state index in [2.05, 4.69) is 0 Å². The van der Waals surface area contributed by atoms with Crippen LogP contribution >= 0.6 is 11.3 Å². The molecule has 2 aromatic heterocycles. The number of aryl methyl sites for hydroxylation is 2. The molecule has 148 valence electrons. The van der Waals surface area contributed by atoms with Crippen LogP contribution in [-0.2, 0) is 16.4 Å². The first-order valence-corrected chi connectivity index (χ1v) is 11.3. The molecule has 1 amide bonds. The van der Waals surface area contributed by atoms with Gasteiger partial charge in [-0.15, -0.1) is 11.3 Å². The lowest BCUT2D eigenvalue weighted by Gasteiger charge is -2.33. The average molecular weight is 423 g/mol. The van der Waals surface area contributed by atoms with Gasteiger partial charge in [-0.1, -0.05) is 6.92 Å². The van der Waals surface area contributed by atoms with Gasteiger partial charge in [0.1, 0.15) is 16.3 Å². The fraction of sp³-hybridized carbons (Fsp3) is 0.316. The van der Waals surface area contributed by atoms with E-state index >= 15 is 0 Å². The number of halogens is 1. The lowest BCUT2D eigenvalue weighted by molar-refractivity contribution is 0.0956. The van der Waals surface area contributed by atoms with Crippen LogP contribution < -0.4 is 9.62 Å². The molecule has 0 unspecified atom stereocenters. The minimum Gasteiger partial charge on any atom is -0.451 e. The predicted molar refractivity (Wildman–Crippen MR) is 106 cm³/mol. The summed E-state index contributed by atoms with van der Waals surface area (Å²) in [4.78, 5) is 15.2. The molecule has 4 rings (SSSR count). The van der Waals surface area contributed by atoms with Gasteiger partial charge in [-0.2, -0.15) is 0 Å². The van der Waals surface area contributed by atoms with Crippen LogP contribution in [0.3, 0.4) is 0 Å². The minimum absolute atomic E-state index is 0.121. The van der Waals surface area contributed by atoms with Crippen LogP contribution in [0, 0.1) is 12.7 Å². The normalized spacial score (nSPS) is 14.3. The molecular formula is C19H19FN2O4S2. The summed E-state index contributed by atoms with van der Waals surface area (Å²) in [6.07, 6.45) is 1.58. The molecule has 1 aliphatic rings. The van der Waals surface area contributed by atoms with E-state index in [0.29, 0.717) is 22.5 Å². The molecule has 1 aromatic carbocycles. The molecule has 1 saturated heterocycles. The summed E-state index contributed by atoms with van der Waals surface area (Å²) in [6.45, 7) is 5.23. The van der Waals surface area contributed by atoms with Gasteiger partial charge in [0, 0.05) is 35.8 Å². The number of carbonyl (C=O) groups excluding carboxylic acids is 1. The Bertz CT molecular complexity index is 1180. The number of nitrogens with zero attached hydrogens (tertiary/aromatic N) is 1. The van der Waals surface area contributed by atoms with Gasteiger partial charge in [-0.3, -0.25) is 4.79 Å². The SMILES string of the molecule is CCc1csc(C)c1S(=O)(=O)NC(=O)c1cc2c(F)cc(N3CCC3)cc2o1. The lowest BCUT2D eigenvalue weighted by atomic mass is 10.1. The summed E-state index contributed by atoms with van der Waals surface area (Å²) in [5.41, 5.74) is 1.55. The highest BCUT2D eigenvalue weighted by Gasteiger charge is 2.27. The highest BCUT2D eigenvalue weighted by atomic mass is 32.2. The van der Waals surface area contributed by atoms with Crippen molar-refractivity contribution in [1.29, 1.82) is 0 Å². The highest BCUT2D eigenvalue weighted by molar-refractivity contribution is 7.90. The van der Waals surface area contributed by atoms with Crippen molar-refractivity contribution >= 4 is 43.9 Å². The third kappa shape index (κ3) is 3.18. The summed E-state index contributed by atoms with van der Waals surface area (Å²) in [6, 6.07) is 4.30. The summed E-state index contributed by atoms with van der Waals surface area (Å²) in [5.74, 6) is -1.68. The summed E-state index contributed by atoms with van der Waals surface area (Å²) < 4.78 is 47.3. The van der Waals surface area contributed by atoms with Crippen LogP contribution in [0.25, 0.3) is 11.0 Å². The Hall–Kier alpha value is -2.39. The second-order valence-corrected chi connectivity index (χ2v) is 9.43. The molecule has 0 atom stereocenters. The van der Waals surface area contributed by atoms with Gasteiger partial charge >= 0.3 is 5.91 Å². The van der Waals surface area contributed by atoms with Gasteiger partial charge in [0.25, 0.3) is 10.0 Å².